The van der Waals surface area contributed by atoms with Gasteiger partial charge in [0.05, 0.1) is 0 Å². The lowest BCUT2D eigenvalue weighted by atomic mass is 10.3. The first kappa shape index (κ1) is 14.0. The average molecular weight is 168 g/mol. The van der Waals surface area contributed by atoms with Crippen molar-refractivity contribution < 1.29 is 0 Å². The lowest BCUT2D eigenvalue weighted by Gasteiger charge is -1.81. The highest BCUT2D eigenvalue weighted by Gasteiger charge is 1.71. The fourth-order valence-corrected chi connectivity index (χ4v) is 0.682. The molecule has 0 aliphatic heterocycles. The number of hydrogen-bond acceptors (Lipinski definition) is 0. The van der Waals surface area contributed by atoms with Gasteiger partial charge in [0.15, 0.2) is 0 Å². The van der Waals surface area contributed by atoms with Crippen LogP contribution in [0.25, 0.3) is 0 Å². The molecule has 0 N–H and O–H groups in total. The van der Waals surface area contributed by atoms with Crippen molar-refractivity contribution in [1.82, 2.24) is 0 Å². The summed E-state index contributed by atoms with van der Waals surface area (Å²) >= 11 is 0. The molecule has 0 saturated carbocycles. The van der Waals surface area contributed by atoms with Gasteiger partial charge in [0, 0.05) is 0 Å². The fourth-order valence-electron chi connectivity index (χ4n) is 0.682. The maximum absolute atomic E-state index is 3.60. The lowest BCUT2D eigenvalue weighted by molar-refractivity contribution is 0.816. The minimum atomic E-state index is 1.18. The molecule has 0 spiro atoms. The average Bonchev–Trinajstić information content (AvgIpc) is 2.12. The predicted octanol–water partition coefficient (Wildman–Crippen LogP) is 4.73. The predicted molar refractivity (Wildman–Crippen MR) is 59.4 cm³/mol. The summed E-state index contributed by atoms with van der Waals surface area (Å²) in [4.78, 5) is 0. The molecule has 0 saturated heterocycles. The van der Waals surface area contributed by atoms with E-state index in [0.717, 1.165) is 0 Å². The van der Waals surface area contributed by atoms with Crippen LogP contribution in [-0.2, 0) is 0 Å². The zero-order valence-electron chi connectivity index (χ0n) is 8.97. The van der Waals surface area contributed by atoms with Gasteiger partial charge in [-0.25, -0.2) is 0 Å². The van der Waals surface area contributed by atoms with E-state index in [1.54, 1.807) is 0 Å². The zero-order chi connectivity index (χ0) is 9.66. The molecule has 72 valence electrons. The highest BCUT2D eigenvalue weighted by Crippen LogP contribution is 1.91. The Labute approximate surface area is 78.4 Å². The molecule has 0 aliphatic rings. The van der Waals surface area contributed by atoms with E-state index < -0.39 is 0 Å². The van der Waals surface area contributed by atoms with Crippen LogP contribution in [-0.4, -0.2) is 0 Å². The van der Waals surface area contributed by atoms with Gasteiger partial charge >= 0.3 is 0 Å². The molecular weight excluding hydrogens is 144 g/mol. The number of allylic oxidation sites excluding steroid dienone is 3. The first-order chi connectivity index (χ1) is 5.83. The minimum Gasteiger partial charge on any atom is -0.103 e. The molecule has 0 aromatic rings. The summed E-state index contributed by atoms with van der Waals surface area (Å²) in [5.74, 6) is 0. The Balaban J connectivity index is 0. The van der Waals surface area contributed by atoms with Gasteiger partial charge in [-0.1, -0.05) is 51.3 Å². The van der Waals surface area contributed by atoms with Crippen LogP contribution >= 0.6 is 0 Å². The Kier molecular flexibility index (Phi) is 19.7. The van der Waals surface area contributed by atoms with Crippen molar-refractivity contribution in [2.24, 2.45) is 0 Å². The molecule has 0 bridgehead atoms. The Morgan fingerprint density at radius 2 is 1.75 bits per heavy atom. The Morgan fingerprint density at radius 3 is 1.92 bits per heavy atom. The van der Waals surface area contributed by atoms with E-state index in [9.17, 15) is 0 Å². The van der Waals surface area contributed by atoms with Crippen LogP contribution in [0.1, 0.15) is 52.9 Å². The summed E-state index contributed by atoms with van der Waals surface area (Å²) in [7, 11) is 0. The van der Waals surface area contributed by atoms with E-state index in [2.05, 4.69) is 39.5 Å². The van der Waals surface area contributed by atoms with E-state index in [1.807, 2.05) is 6.08 Å². The summed E-state index contributed by atoms with van der Waals surface area (Å²) in [6.07, 6.45) is 12.5. The smallest absolute Gasteiger partial charge is 0.0353 e. The summed E-state index contributed by atoms with van der Waals surface area (Å²) in [5, 5.41) is 0. The minimum absolute atomic E-state index is 1.18. The third-order valence-corrected chi connectivity index (χ3v) is 1.45. The van der Waals surface area contributed by atoms with Gasteiger partial charge in [-0.05, 0) is 19.8 Å². The Bertz CT molecular complexity index is 90.2. The van der Waals surface area contributed by atoms with Gasteiger partial charge in [0.2, 0.25) is 0 Å². The Hall–Kier alpha value is -0.520. The lowest BCUT2D eigenvalue weighted by Crippen LogP contribution is -1.61. The molecular formula is C12H24. The van der Waals surface area contributed by atoms with Crippen molar-refractivity contribution in [3.8, 4) is 0 Å². The van der Waals surface area contributed by atoms with Crippen LogP contribution in [0.5, 0.6) is 0 Å². The van der Waals surface area contributed by atoms with Crippen LogP contribution in [0.15, 0.2) is 24.8 Å². The topological polar surface area (TPSA) is 0 Å². The van der Waals surface area contributed by atoms with Gasteiger partial charge in [0.1, 0.15) is 0 Å². The molecule has 0 nitrogen and oxygen atoms in total. The van der Waals surface area contributed by atoms with Gasteiger partial charge in [-0.2, -0.15) is 0 Å². The van der Waals surface area contributed by atoms with Gasteiger partial charge in [-0.15, -0.1) is 6.58 Å². The summed E-state index contributed by atoms with van der Waals surface area (Å²) in [6, 6.07) is 0. The SMILES string of the molecule is C/C=C/CCC.C=CCCCC. The van der Waals surface area contributed by atoms with Crippen LogP contribution < -0.4 is 0 Å². The second-order valence-electron chi connectivity index (χ2n) is 2.79. The quantitative estimate of drug-likeness (QED) is 0.411. The first-order valence-electron chi connectivity index (χ1n) is 5.05. The largest absolute Gasteiger partial charge is 0.103 e. The monoisotopic (exact) mass is 168 g/mol. The molecule has 0 unspecified atom stereocenters. The van der Waals surface area contributed by atoms with Crippen molar-refractivity contribution in [3.05, 3.63) is 24.8 Å². The summed E-state index contributed by atoms with van der Waals surface area (Å²) in [6.45, 7) is 10.0. The van der Waals surface area contributed by atoms with Gasteiger partial charge in [-0.3, -0.25) is 0 Å². The maximum atomic E-state index is 3.60. The standard InChI is InChI=1S/2C6H12/c2*1-3-5-6-4-2/h3,5H,4,6H2,1-2H3;3H,1,4-6H2,2H3/b5-3+;. The number of hydrogen-bond donors (Lipinski definition) is 0. The van der Waals surface area contributed by atoms with Gasteiger partial charge < -0.3 is 0 Å². The van der Waals surface area contributed by atoms with E-state index in [-0.39, 0.29) is 0 Å². The number of unbranched alkanes of at least 4 members (excludes halogenated alkanes) is 3. The molecule has 0 fully saturated rings. The van der Waals surface area contributed by atoms with Crippen LogP contribution in [0.3, 0.4) is 0 Å². The molecule has 0 heterocycles. The molecule has 0 rings (SSSR count). The van der Waals surface area contributed by atoms with Crippen LogP contribution in [0.4, 0.5) is 0 Å². The van der Waals surface area contributed by atoms with E-state index in [0.29, 0.717) is 0 Å². The highest BCUT2D eigenvalue weighted by molar-refractivity contribution is 4.75. The fraction of sp³-hybridized carbons (Fsp3) is 0.667. The zero-order valence-corrected chi connectivity index (χ0v) is 8.97. The van der Waals surface area contributed by atoms with E-state index in [4.69, 9.17) is 0 Å². The van der Waals surface area contributed by atoms with Crippen molar-refractivity contribution in [1.29, 1.82) is 0 Å². The Morgan fingerprint density at radius 1 is 1.08 bits per heavy atom. The summed E-state index contributed by atoms with van der Waals surface area (Å²) < 4.78 is 0. The number of rotatable bonds is 5. The summed E-state index contributed by atoms with van der Waals surface area (Å²) in [5.41, 5.74) is 0. The first-order valence-corrected chi connectivity index (χ1v) is 5.05. The molecule has 0 atom stereocenters. The molecule has 0 aliphatic carbocycles. The molecule has 0 heteroatoms. The molecule has 0 amide bonds. The van der Waals surface area contributed by atoms with Crippen molar-refractivity contribution in [3.63, 3.8) is 0 Å². The van der Waals surface area contributed by atoms with Crippen molar-refractivity contribution >= 4 is 0 Å². The third-order valence-electron chi connectivity index (χ3n) is 1.45. The molecule has 12 heavy (non-hydrogen) atoms. The van der Waals surface area contributed by atoms with Crippen LogP contribution in [0.2, 0.25) is 0 Å². The molecule has 0 radical (unpaired) electrons. The maximum Gasteiger partial charge on any atom is -0.0353 e. The molecule has 0 aromatic heterocycles. The van der Waals surface area contributed by atoms with E-state index in [1.165, 1.54) is 32.1 Å². The normalized spacial score (nSPS) is 9.25. The molecule has 0 aromatic carbocycles. The van der Waals surface area contributed by atoms with Gasteiger partial charge in [0.25, 0.3) is 0 Å². The highest BCUT2D eigenvalue weighted by atomic mass is 13.8. The second-order valence-corrected chi connectivity index (χ2v) is 2.79. The second kappa shape index (κ2) is 16.8. The van der Waals surface area contributed by atoms with Crippen molar-refractivity contribution in [2.45, 2.75) is 52.9 Å². The van der Waals surface area contributed by atoms with Crippen molar-refractivity contribution in [2.75, 3.05) is 0 Å². The van der Waals surface area contributed by atoms with E-state index >= 15 is 0 Å². The third kappa shape index (κ3) is 22.7. The van der Waals surface area contributed by atoms with Crippen LogP contribution in [0, 0.1) is 0 Å².